The zero-order valence-electron chi connectivity index (χ0n) is 11.6. The Balaban J connectivity index is 1.90. The number of ether oxygens (including phenoxy) is 2. The van der Waals surface area contributed by atoms with Crippen LogP contribution >= 0.6 is 15.9 Å². The summed E-state index contributed by atoms with van der Waals surface area (Å²) in [5, 5.41) is 13.1. The predicted octanol–water partition coefficient (Wildman–Crippen LogP) is 3.63. The van der Waals surface area contributed by atoms with Crippen molar-refractivity contribution in [2.24, 2.45) is 0 Å². The number of anilines is 1. The molecule has 0 fully saturated rings. The maximum Gasteiger partial charge on any atom is 0.231 e. The third kappa shape index (κ3) is 2.84. The first-order valence-electron chi connectivity index (χ1n) is 6.71. The highest BCUT2D eigenvalue weighted by Gasteiger charge is 2.21. The van der Waals surface area contributed by atoms with Gasteiger partial charge in [-0.1, -0.05) is 18.2 Å². The van der Waals surface area contributed by atoms with Crippen LogP contribution in [0, 0.1) is 6.92 Å². The summed E-state index contributed by atoms with van der Waals surface area (Å²) in [6.45, 7) is 2.25. The van der Waals surface area contributed by atoms with Gasteiger partial charge in [0.1, 0.15) is 0 Å². The van der Waals surface area contributed by atoms with Crippen LogP contribution in [0.2, 0.25) is 0 Å². The summed E-state index contributed by atoms with van der Waals surface area (Å²) in [6, 6.07) is 11.6. The average molecular weight is 350 g/mol. The molecule has 2 N–H and O–H groups in total. The van der Waals surface area contributed by atoms with E-state index < -0.39 is 0 Å². The molecule has 0 saturated carbocycles. The molecule has 21 heavy (non-hydrogen) atoms. The topological polar surface area (TPSA) is 50.7 Å². The number of aliphatic hydroxyl groups is 1. The quantitative estimate of drug-likeness (QED) is 0.884. The van der Waals surface area contributed by atoms with Crippen LogP contribution in [-0.2, 0) is 0 Å². The third-order valence-corrected chi connectivity index (χ3v) is 4.10. The highest BCUT2D eigenvalue weighted by molar-refractivity contribution is 9.10. The third-order valence-electron chi connectivity index (χ3n) is 3.51. The molecule has 4 nitrogen and oxygen atoms in total. The van der Waals surface area contributed by atoms with E-state index in [1.165, 1.54) is 0 Å². The van der Waals surface area contributed by atoms with Gasteiger partial charge in [-0.3, -0.25) is 0 Å². The van der Waals surface area contributed by atoms with E-state index in [0.717, 1.165) is 21.3 Å². The lowest BCUT2D eigenvalue weighted by Crippen LogP contribution is -2.15. The van der Waals surface area contributed by atoms with E-state index >= 15 is 0 Å². The van der Waals surface area contributed by atoms with Crippen LogP contribution in [0.5, 0.6) is 11.5 Å². The molecule has 0 aliphatic carbocycles. The van der Waals surface area contributed by atoms with E-state index in [9.17, 15) is 5.11 Å². The van der Waals surface area contributed by atoms with Crippen molar-refractivity contribution >= 4 is 21.6 Å². The van der Waals surface area contributed by atoms with E-state index in [1.807, 2.05) is 43.3 Å². The van der Waals surface area contributed by atoms with Crippen molar-refractivity contribution in [1.29, 1.82) is 0 Å². The molecular formula is C16H16BrNO3. The van der Waals surface area contributed by atoms with Crippen molar-refractivity contribution in [3.63, 3.8) is 0 Å². The average Bonchev–Trinajstić information content (AvgIpc) is 2.95. The Morgan fingerprint density at radius 3 is 2.86 bits per heavy atom. The zero-order chi connectivity index (χ0) is 14.8. The summed E-state index contributed by atoms with van der Waals surface area (Å²) in [4.78, 5) is 0. The summed E-state index contributed by atoms with van der Waals surface area (Å²) >= 11 is 3.48. The van der Waals surface area contributed by atoms with Crippen LogP contribution in [-0.4, -0.2) is 18.5 Å². The van der Waals surface area contributed by atoms with Gasteiger partial charge in [0.05, 0.1) is 17.1 Å². The first kappa shape index (κ1) is 14.2. The fourth-order valence-corrected chi connectivity index (χ4v) is 2.92. The molecular weight excluding hydrogens is 334 g/mol. The molecule has 0 bridgehead atoms. The molecule has 0 spiro atoms. The second kappa shape index (κ2) is 5.95. The van der Waals surface area contributed by atoms with Gasteiger partial charge in [-0.15, -0.1) is 0 Å². The Labute approximate surface area is 131 Å². The van der Waals surface area contributed by atoms with Gasteiger partial charge in [0.15, 0.2) is 11.5 Å². The maximum absolute atomic E-state index is 9.72. The maximum atomic E-state index is 9.72. The lowest BCUT2D eigenvalue weighted by Gasteiger charge is -2.20. The number of halogens is 1. The molecule has 1 aliphatic heterocycles. The number of hydrogen-bond acceptors (Lipinski definition) is 4. The van der Waals surface area contributed by atoms with E-state index in [0.29, 0.717) is 11.5 Å². The van der Waals surface area contributed by atoms with Gasteiger partial charge in [0, 0.05) is 5.69 Å². The number of fused-ring (bicyclic) bond motifs is 1. The van der Waals surface area contributed by atoms with Gasteiger partial charge in [0.25, 0.3) is 0 Å². The van der Waals surface area contributed by atoms with E-state index in [-0.39, 0.29) is 19.4 Å². The van der Waals surface area contributed by atoms with Crippen LogP contribution in [0.3, 0.4) is 0 Å². The molecule has 1 unspecified atom stereocenters. The Hall–Kier alpha value is -1.72. The minimum absolute atomic E-state index is 0.0135. The number of hydrogen-bond donors (Lipinski definition) is 2. The molecule has 2 aromatic rings. The number of para-hydroxylation sites is 1. The van der Waals surface area contributed by atoms with Crippen LogP contribution in [0.15, 0.2) is 40.9 Å². The fraction of sp³-hybridized carbons (Fsp3) is 0.250. The zero-order valence-corrected chi connectivity index (χ0v) is 13.2. The number of nitrogens with one attached hydrogen (secondary N) is 1. The second-order valence-electron chi connectivity index (χ2n) is 4.93. The molecule has 0 radical (unpaired) electrons. The highest BCUT2D eigenvalue weighted by atomic mass is 79.9. The first-order chi connectivity index (χ1) is 10.2. The molecule has 110 valence electrons. The van der Waals surface area contributed by atoms with Crippen molar-refractivity contribution in [2.45, 2.75) is 13.0 Å². The highest BCUT2D eigenvalue weighted by Crippen LogP contribution is 2.41. The standard InChI is InChI=1S/C16H16BrNO3/c1-10-4-2-3-5-13(10)18-14(8-19)11-6-12(17)16-15(7-11)20-9-21-16/h2-7,14,18-19H,8-9H2,1H3. The normalized spacial score (nSPS) is 14.0. The number of benzene rings is 2. The summed E-state index contributed by atoms with van der Waals surface area (Å²) < 4.78 is 11.6. The summed E-state index contributed by atoms with van der Waals surface area (Å²) in [7, 11) is 0. The largest absolute Gasteiger partial charge is 0.454 e. The Morgan fingerprint density at radius 1 is 1.29 bits per heavy atom. The van der Waals surface area contributed by atoms with Gasteiger partial charge in [-0.2, -0.15) is 0 Å². The van der Waals surface area contributed by atoms with Crippen molar-refractivity contribution in [3.8, 4) is 11.5 Å². The van der Waals surface area contributed by atoms with E-state index in [1.54, 1.807) is 0 Å². The monoisotopic (exact) mass is 349 g/mol. The fourth-order valence-electron chi connectivity index (χ4n) is 2.35. The van der Waals surface area contributed by atoms with Crippen molar-refractivity contribution in [3.05, 3.63) is 52.0 Å². The molecule has 0 saturated heterocycles. The van der Waals surface area contributed by atoms with Crippen molar-refractivity contribution in [1.82, 2.24) is 0 Å². The smallest absolute Gasteiger partial charge is 0.231 e. The summed E-state index contributed by atoms with van der Waals surface area (Å²) in [6.07, 6.45) is 0. The predicted molar refractivity (Wildman–Crippen MR) is 84.9 cm³/mol. The minimum atomic E-state index is -0.211. The van der Waals surface area contributed by atoms with E-state index in [4.69, 9.17) is 9.47 Å². The Morgan fingerprint density at radius 2 is 2.10 bits per heavy atom. The van der Waals surface area contributed by atoms with Gasteiger partial charge < -0.3 is 19.9 Å². The van der Waals surface area contributed by atoms with Crippen LogP contribution < -0.4 is 14.8 Å². The lowest BCUT2D eigenvalue weighted by molar-refractivity contribution is 0.173. The molecule has 1 heterocycles. The molecule has 1 atom stereocenters. The van der Waals surface area contributed by atoms with Gasteiger partial charge in [0.2, 0.25) is 6.79 Å². The van der Waals surface area contributed by atoms with Gasteiger partial charge in [-0.05, 0) is 52.2 Å². The van der Waals surface area contributed by atoms with Gasteiger partial charge >= 0.3 is 0 Å². The van der Waals surface area contributed by atoms with Crippen LogP contribution in [0.4, 0.5) is 5.69 Å². The number of aliphatic hydroxyl groups excluding tert-OH is 1. The molecule has 0 aromatic heterocycles. The minimum Gasteiger partial charge on any atom is -0.454 e. The molecule has 2 aromatic carbocycles. The lowest BCUT2D eigenvalue weighted by atomic mass is 10.1. The second-order valence-corrected chi connectivity index (χ2v) is 5.79. The van der Waals surface area contributed by atoms with Crippen LogP contribution in [0.1, 0.15) is 17.2 Å². The first-order valence-corrected chi connectivity index (χ1v) is 7.50. The van der Waals surface area contributed by atoms with Crippen molar-refractivity contribution in [2.75, 3.05) is 18.7 Å². The van der Waals surface area contributed by atoms with Crippen molar-refractivity contribution < 1.29 is 14.6 Å². The summed E-state index contributed by atoms with van der Waals surface area (Å²) in [5.41, 5.74) is 3.08. The number of rotatable bonds is 4. The Kier molecular flexibility index (Phi) is 4.03. The van der Waals surface area contributed by atoms with E-state index in [2.05, 4.69) is 21.2 Å². The SMILES string of the molecule is Cc1ccccc1NC(CO)c1cc(Br)c2c(c1)OCO2. The summed E-state index contributed by atoms with van der Waals surface area (Å²) in [5.74, 6) is 1.41. The molecule has 1 aliphatic rings. The van der Waals surface area contributed by atoms with Crippen LogP contribution in [0.25, 0.3) is 0 Å². The Bertz CT molecular complexity index is 660. The van der Waals surface area contributed by atoms with Gasteiger partial charge in [-0.25, -0.2) is 0 Å². The number of aryl methyl sites for hydroxylation is 1. The molecule has 0 amide bonds. The molecule has 3 rings (SSSR count). The molecule has 5 heteroatoms.